The summed E-state index contributed by atoms with van der Waals surface area (Å²) in [7, 11) is 0. The lowest BCUT2D eigenvalue weighted by atomic mass is 9.74. The first-order valence-corrected chi connectivity index (χ1v) is 7.63. The highest BCUT2D eigenvalue weighted by Crippen LogP contribution is 2.36. The fourth-order valence-corrected chi connectivity index (χ4v) is 2.24. The van der Waals surface area contributed by atoms with Crippen LogP contribution in [-0.4, -0.2) is 12.6 Å². The summed E-state index contributed by atoms with van der Waals surface area (Å²) < 4.78 is 0. The zero-order chi connectivity index (χ0) is 14.8. The summed E-state index contributed by atoms with van der Waals surface area (Å²) in [5.41, 5.74) is 3.29. The summed E-state index contributed by atoms with van der Waals surface area (Å²) in [5, 5.41) is 3.55. The average molecular weight is 253 g/mol. The molecular formula is C17H35N. The van der Waals surface area contributed by atoms with Crippen LogP contribution in [0.15, 0.2) is 23.3 Å². The van der Waals surface area contributed by atoms with Gasteiger partial charge in [0, 0.05) is 18.0 Å². The van der Waals surface area contributed by atoms with E-state index in [0.29, 0.717) is 6.04 Å². The van der Waals surface area contributed by atoms with Crippen molar-refractivity contribution in [3.63, 3.8) is 0 Å². The maximum Gasteiger partial charge on any atom is 0.0291 e. The first-order chi connectivity index (χ1) is 8.53. The maximum absolute atomic E-state index is 3.55. The molecule has 0 radical (unpaired) electrons. The molecule has 1 heterocycles. The summed E-state index contributed by atoms with van der Waals surface area (Å²) in [5.74, 6) is 0. The molecule has 1 fully saturated rings. The zero-order valence-electron chi connectivity index (χ0n) is 14.1. The molecule has 1 aliphatic heterocycles. The van der Waals surface area contributed by atoms with Gasteiger partial charge in [-0.05, 0) is 31.4 Å². The lowest BCUT2D eigenvalue weighted by molar-refractivity contribution is 0.357. The van der Waals surface area contributed by atoms with Gasteiger partial charge in [0.1, 0.15) is 0 Å². The second kappa shape index (κ2) is 10.4. The number of nitrogens with one attached hydrogen (secondary N) is 1. The third-order valence-electron chi connectivity index (χ3n) is 3.08. The van der Waals surface area contributed by atoms with Crippen molar-refractivity contribution in [1.29, 1.82) is 0 Å². The van der Waals surface area contributed by atoms with Gasteiger partial charge in [-0.1, -0.05) is 60.6 Å². The summed E-state index contributed by atoms with van der Waals surface area (Å²) in [6, 6.07) is 0.505. The molecule has 0 aromatic heterocycles. The van der Waals surface area contributed by atoms with Gasteiger partial charge in [-0.3, -0.25) is 0 Å². The van der Waals surface area contributed by atoms with E-state index in [9.17, 15) is 0 Å². The minimum atomic E-state index is 0.282. The van der Waals surface area contributed by atoms with Gasteiger partial charge in [0.05, 0.1) is 0 Å². The smallest absolute Gasteiger partial charge is 0.0291 e. The molecule has 0 saturated carbocycles. The Labute approximate surface area is 116 Å². The molecule has 0 aliphatic carbocycles. The number of hydrogen-bond acceptors (Lipinski definition) is 1. The van der Waals surface area contributed by atoms with E-state index in [0.717, 1.165) is 13.0 Å². The Morgan fingerprint density at radius 3 is 2.11 bits per heavy atom. The number of rotatable bonds is 1. The van der Waals surface area contributed by atoms with E-state index >= 15 is 0 Å². The molecule has 1 aliphatic rings. The van der Waals surface area contributed by atoms with Crippen molar-refractivity contribution < 1.29 is 0 Å². The van der Waals surface area contributed by atoms with E-state index in [-0.39, 0.29) is 5.41 Å². The van der Waals surface area contributed by atoms with Gasteiger partial charge in [0.15, 0.2) is 0 Å². The molecule has 1 N–H and O–H groups in total. The Hall–Kier alpha value is -0.560. The summed E-state index contributed by atoms with van der Waals surface area (Å²) in [6.45, 7) is 20.3. The predicted octanol–water partition coefficient (Wildman–Crippen LogP) is 5.34. The summed E-state index contributed by atoms with van der Waals surface area (Å²) in [6.07, 6.45) is 5.76. The molecule has 1 unspecified atom stereocenters. The first kappa shape index (κ1) is 19.8. The van der Waals surface area contributed by atoms with E-state index in [4.69, 9.17) is 0 Å². The van der Waals surface area contributed by atoms with Crippen molar-refractivity contribution in [2.45, 2.75) is 74.8 Å². The zero-order valence-corrected chi connectivity index (χ0v) is 14.1. The van der Waals surface area contributed by atoms with Crippen LogP contribution >= 0.6 is 0 Å². The first-order valence-electron chi connectivity index (χ1n) is 7.63. The molecule has 0 aromatic carbocycles. The van der Waals surface area contributed by atoms with Crippen molar-refractivity contribution >= 4 is 0 Å². The van der Waals surface area contributed by atoms with Crippen LogP contribution in [-0.2, 0) is 0 Å². The van der Waals surface area contributed by atoms with E-state index < -0.39 is 0 Å². The lowest BCUT2D eigenvalue weighted by Gasteiger charge is -2.39. The lowest BCUT2D eigenvalue weighted by Crippen LogP contribution is -2.44. The number of hydrogen-bond donors (Lipinski definition) is 1. The summed E-state index contributed by atoms with van der Waals surface area (Å²) >= 11 is 0. The highest BCUT2D eigenvalue weighted by Gasteiger charge is 2.32. The standard InChI is InChI=1S/C13H23N.2C2H6/c1-6-8-12-11(7-2)10(3)14-9-13(12,4)5;2*1-2/h7-8,10,14H,6,9H2,1-5H3;2*1-2H3/b11-7-,12-8+;;. The molecule has 0 spiro atoms. The Bertz CT molecular complexity index is 259. The molecule has 1 heteroatoms. The van der Waals surface area contributed by atoms with Gasteiger partial charge >= 0.3 is 0 Å². The third kappa shape index (κ3) is 5.39. The summed E-state index contributed by atoms with van der Waals surface area (Å²) in [4.78, 5) is 0. The maximum atomic E-state index is 3.55. The Morgan fingerprint density at radius 1 is 1.22 bits per heavy atom. The largest absolute Gasteiger partial charge is 0.309 e. The van der Waals surface area contributed by atoms with Gasteiger partial charge in [0.25, 0.3) is 0 Å². The minimum Gasteiger partial charge on any atom is -0.309 e. The monoisotopic (exact) mass is 253 g/mol. The molecule has 0 aromatic rings. The van der Waals surface area contributed by atoms with Crippen LogP contribution in [0.1, 0.15) is 68.7 Å². The Morgan fingerprint density at radius 2 is 1.72 bits per heavy atom. The van der Waals surface area contributed by atoms with Crippen molar-refractivity contribution in [1.82, 2.24) is 5.32 Å². The van der Waals surface area contributed by atoms with Crippen molar-refractivity contribution in [2.75, 3.05) is 6.54 Å². The highest BCUT2D eigenvalue weighted by molar-refractivity contribution is 5.41. The van der Waals surface area contributed by atoms with Crippen LogP contribution < -0.4 is 5.32 Å². The second-order valence-corrected chi connectivity index (χ2v) is 4.76. The van der Waals surface area contributed by atoms with Crippen LogP contribution in [0.4, 0.5) is 0 Å². The van der Waals surface area contributed by atoms with Gasteiger partial charge < -0.3 is 5.32 Å². The van der Waals surface area contributed by atoms with Gasteiger partial charge in [-0.15, -0.1) is 0 Å². The van der Waals surface area contributed by atoms with Gasteiger partial charge in [-0.2, -0.15) is 0 Å². The van der Waals surface area contributed by atoms with E-state index in [2.05, 4.69) is 52.1 Å². The van der Waals surface area contributed by atoms with E-state index in [1.54, 1.807) is 0 Å². The molecule has 1 rings (SSSR count). The van der Waals surface area contributed by atoms with Crippen LogP contribution in [0.2, 0.25) is 0 Å². The van der Waals surface area contributed by atoms with Crippen LogP contribution in [0, 0.1) is 5.41 Å². The van der Waals surface area contributed by atoms with Gasteiger partial charge in [0.2, 0.25) is 0 Å². The van der Waals surface area contributed by atoms with E-state index in [1.807, 2.05) is 27.7 Å². The fourth-order valence-electron chi connectivity index (χ4n) is 2.24. The molecule has 0 bridgehead atoms. The minimum absolute atomic E-state index is 0.282. The molecular weight excluding hydrogens is 218 g/mol. The normalized spacial score (nSPS) is 25.9. The SMILES string of the molecule is C/C=C1\C(=C/CC)C(C)(C)CNC1C.CC.CC. The van der Waals surface area contributed by atoms with Crippen LogP contribution in [0.5, 0.6) is 0 Å². The topological polar surface area (TPSA) is 12.0 Å². The molecule has 1 atom stereocenters. The fraction of sp³-hybridized carbons (Fsp3) is 0.765. The highest BCUT2D eigenvalue weighted by atomic mass is 14.9. The quantitative estimate of drug-likeness (QED) is 0.665. The number of allylic oxidation sites excluding steroid dienone is 2. The number of piperidine rings is 1. The molecule has 18 heavy (non-hydrogen) atoms. The van der Waals surface area contributed by atoms with Crippen molar-refractivity contribution in [2.24, 2.45) is 5.41 Å². The van der Waals surface area contributed by atoms with Gasteiger partial charge in [-0.25, -0.2) is 0 Å². The van der Waals surface area contributed by atoms with E-state index in [1.165, 1.54) is 11.1 Å². The van der Waals surface area contributed by atoms with Crippen LogP contribution in [0.3, 0.4) is 0 Å². The molecule has 108 valence electrons. The van der Waals surface area contributed by atoms with Crippen molar-refractivity contribution in [3.05, 3.63) is 23.3 Å². The Kier molecular flexibility index (Phi) is 11.4. The van der Waals surface area contributed by atoms with Crippen LogP contribution in [0.25, 0.3) is 0 Å². The Balaban J connectivity index is 0. The molecule has 0 amide bonds. The van der Waals surface area contributed by atoms with Crippen molar-refractivity contribution in [3.8, 4) is 0 Å². The average Bonchev–Trinajstić information content (AvgIpc) is 2.40. The predicted molar refractivity (Wildman–Crippen MR) is 86.1 cm³/mol. The second-order valence-electron chi connectivity index (χ2n) is 4.76. The third-order valence-corrected chi connectivity index (χ3v) is 3.08. The molecule has 1 saturated heterocycles. The molecule has 1 nitrogen and oxygen atoms in total.